The van der Waals surface area contributed by atoms with Crippen LogP contribution in [0.2, 0.25) is 0 Å². The maximum absolute atomic E-state index is 12.5. The molecule has 0 atom stereocenters. The summed E-state index contributed by atoms with van der Waals surface area (Å²) in [7, 11) is 1.62. The molecule has 1 amide bonds. The van der Waals surface area contributed by atoms with E-state index in [4.69, 9.17) is 0 Å². The van der Waals surface area contributed by atoms with Gasteiger partial charge in [0.15, 0.2) is 0 Å². The van der Waals surface area contributed by atoms with Gasteiger partial charge in [-0.2, -0.15) is 18.2 Å². The van der Waals surface area contributed by atoms with Crippen LogP contribution in [0.1, 0.15) is 25.2 Å². The maximum atomic E-state index is 12.5. The Hall–Kier alpha value is -2.38. The fraction of sp³-hybridized carbons (Fsp3) is 0.357. The van der Waals surface area contributed by atoms with E-state index < -0.39 is 17.4 Å². The molecule has 1 aromatic carbocycles. The number of likely N-dealkylation sites (N-methyl/N-ethyl adjacent to an activating group) is 1. The third-order valence-corrected chi connectivity index (χ3v) is 3.80. The number of amides is 1. The predicted molar refractivity (Wildman–Crippen MR) is 71.2 cm³/mol. The summed E-state index contributed by atoms with van der Waals surface area (Å²) in [5.41, 5.74) is 1.09. The standard InChI is InChI=1S/C14H12F3N3O2/c1-13(2)8-5-4-7(6-9(8)20(3)12(13)21)10-18-11(19-22-10)14(15,16)17/h4-6H,1-3H3. The van der Waals surface area contributed by atoms with Crippen molar-refractivity contribution in [3.05, 3.63) is 29.6 Å². The van der Waals surface area contributed by atoms with Crippen LogP contribution < -0.4 is 4.90 Å². The lowest BCUT2D eigenvalue weighted by Gasteiger charge is -2.16. The Morgan fingerprint density at radius 3 is 2.55 bits per heavy atom. The van der Waals surface area contributed by atoms with Gasteiger partial charge >= 0.3 is 6.18 Å². The molecular formula is C14H12F3N3O2. The van der Waals surface area contributed by atoms with Gasteiger partial charge in [0.1, 0.15) is 0 Å². The molecule has 1 aliphatic heterocycles. The highest BCUT2D eigenvalue weighted by Crippen LogP contribution is 2.42. The average Bonchev–Trinajstić information content (AvgIpc) is 2.99. The van der Waals surface area contributed by atoms with Gasteiger partial charge in [0, 0.05) is 18.3 Å². The van der Waals surface area contributed by atoms with Crippen molar-refractivity contribution in [2.75, 3.05) is 11.9 Å². The van der Waals surface area contributed by atoms with Crippen molar-refractivity contribution in [1.82, 2.24) is 10.1 Å². The lowest BCUT2D eigenvalue weighted by molar-refractivity contribution is -0.146. The minimum atomic E-state index is -4.66. The van der Waals surface area contributed by atoms with E-state index in [0.29, 0.717) is 11.3 Å². The summed E-state index contributed by atoms with van der Waals surface area (Å²) < 4.78 is 42.2. The molecule has 2 aromatic rings. The summed E-state index contributed by atoms with van der Waals surface area (Å²) >= 11 is 0. The Labute approximate surface area is 123 Å². The van der Waals surface area contributed by atoms with Gasteiger partial charge in [0.25, 0.3) is 11.7 Å². The zero-order valence-corrected chi connectivity index (χ0v) is 12.0. The van der Waals surface area contributed by atoms with Crippen LogP contribution in [-0.4, -0.2) is 23.1 Å². The molecule has 0 spiro atoms. The van der Waals surface area contributed by atoms with Gasteiger partial charge in [-0.05, 0) is 31.5 Å². The molecule has 0 fully saturated rings. The first-order chi connectivity index (χ1) is 10.1. The summed E-state index contributed by atoms with van der Waals surface area (Å²) in [6, 6.07) is 4.85. The minimum absolute atomic E-state index is 0.0823. The van der Waals surface area contributed by atoms with Crippen LogP contribution >= 0.6 is 0 Å². The van der Waals surface area contributed by atoms with Gasteiger partial charge in [0.2, 0.25) is 5.91 Å². The second kappa shape index (κ2) is 4.31. The van der Waals surface area contributed by atoms with Crippen molar-refractivity contribution in [3.8, 4) is 11.5 Å². The molecule has 3 rings (SSSR count). The van der Waals surface area contributed by atoms with Crippen LogP contribution in [0.5, 0.6) is 0 Å². The van der Waals surface area contributed by atoms with Gasteiger partial charge < -0.3 is 9.42 Å². The monoisotopic (exact) mass is 311 g/mol. The molecular weight excluding hydrogens is 299 g/mol. The molecule has 0 bridgehead atoms. The molecule has 22 heavy (non-hydrogen) atoms. The Morgan fingerprint density at radius 1 is 1.27 bits per heavy atom. The van der Waals surface area contributed by atoms with Gasteiger partial charge in [-0.1, -0.05) is 11.2 Å². The third-order valence-electron chi connectivity index (χ3n) is 3.80. The first kappa shape index (κ1) is 14.6. The molecule has 0 saturated heterocycles. The smallest absolute Gasteiger partial charge is 0.334 e. The molecule has 0 aliphatic carbocycles. The van der Waals surface area contributed by atoms with E-state index in [0.717, 1.165) is 5.56 Å². The highest BCUT2D eigenvalue weighted by Gasteiger charge is 2.42. The summed E-state index contributed by atoms with van der Waals surface area (Å²) in [5.74, 6) is -1.64. The van der Waals surface area contributed by atoms with Crippen molar-refractivity contribution in [1.29, 1.82) is 0 Å². The molecule has 0 N–H and O–H groups in total. The van der Waals surface area contributed by atoms with Crippen molar-refractivity contribution < 1.29 is 22.5 Å². The third kappa shape index (κ3) is 1.98. The van der Waals surface area contributed by atoms with Crippen molar-refractivity contribution >= 4 is 11.6 Å². The average molecular weight is 311 g/mol. The number of hydrogen-bond acceptors (Lipinski definition) is 4. The number of aromatic nitrogens is 2. The Bertz CT molecular complexity index is 765. The molecule has 116 valence electrons. The number of fused-ring (bicyclic) bond motifs is 1. The zero-order chi connectivity index (χ0) is 16.3. The number of nitrogens with zero attached hydrogens (tertiary/aromatic N) is 3. The van der Waals surface area contributed by atoms with Gasteiger partial charge in [0.05, 0.1) is 5.41 Å². The number of benzene rings is 1. The first-order valence-corrected chi connectivity index (χ1v) is 6.46. The minimum Gasteiger partial charge on any atom is -0.334 e. The van der Waals surface area contributed by atoms with Crippen LogP contribution in [0.3, 0.4) is 0 Å². The number of alkyl halides is 3. The fourth-order valence-corrected chi connectivity index (χ4v) is 2.57. The lowest BCUT2D eigenvalue weighted by atomic mass is 9.86. The van der Waals surface area contributed by atoms with Gasteiger partial charge in [-0.15, -0.1) is 0 Å². The van der Waals surface area contributed by atoms with Crippen LogP contribution in [-0.2, 0) is 16.4 Å². The van der Waals surface area contributed by atoms with E-state index in [-0.39, 0.29) is 11.8 Å². The topological polar surface area (TPSA) is 59.2 Å². The van der Waals surface area contributed by atoms with E-state index in [9.17, 15) is 18.0 Å². The molecule has 2 heterocycles. The zero-order valence-electron chi connectivity index (χ0n) is 12.0. The Kier molecular flexibility index (Phi) is 2.85. The molecule has 0 radical (unpaired) electrons. The SMILES string of the molecule is CN1C(=O)C(C)(C)c2ccc(-c3nc(C(F)(F)F)no3)cc21. The van der Waals surface area contributed by atoms with Crippen molar-refractivity contribution in [3.63, 3.8) is 0 Å². The summed E-state index contributed by atoms with van der Waals surface area (Å²) in [4.78, 5) is 17.0. The lowest BCUT2D eigenvalue weighted by Crippen LogP contribution is -2.33. The Morgan fingerprint density at radius 2 is 1.95 bits per heavy atom. The van der Waals surface area contributed by atoms with E-state index in [1.807, 2.05) is 0 Å². The number of carbonyl (C=O) groups is 1. The van der Waals surface area contributed by atoms with Crippen molar-refractivity contribution in [2.45, 2.75) is 25.4 Å². The quantitative estimate of drug-likeness (QED) is 0.812. The summed E-state index contributed by atoms with van der Waals surface area (Å²) in [6.45, 7) is 3.59. The van der Waals surface area contributed by atoms with E-state index in [1.54, 1.807) is 39.1 Å². The second-order valence-corrected chi connectivity index (χ2v) is 5.64. The highest BCUT2D eigenvalue weighted by atomic mass is 19.4. The maximum Gasteiger partial charge on any atom is 0.455 e. The van der Waals surface area contributed by atoms with Crippen LogP contribution in [0.25, 0.3) is 11.5 Å². The predicted octanol–water partition coefficient (Wildman–Crippen LogP) is 3.01. The van der Waals surface area contributed by atoms with Gasteiger partial charge in [-0.25, -0.2) is 0 Å². The molecule has 0 unspecified atom stereocenters. The second-order valence-electron chi connectivity index (χ2n) is 5.64. The number of hydrogen-bond donors (Lipinski definition) is 0. The highest BCUT2D eigenvalue weighted by molar-refractivity contribution is 6.07. The molecule has 8 heteroatoms. The fourth-order valence-electron chi connectivity index (χ4n) is 2.57. The van der Waals surface area contributed by atoms with Crippen LogP contribution in [0, 0.1) is 0 Å². The largest absolute Gasteiger partial charge is 0.455 e. The molecule has 1 aliphatic rings. The number of halogens is 3. The number of carbonyl (C=O) groups excluding carboxylic acids is 1. The summed E-state index contributed by atoms with van der Waals surface area (Å²) in [6.07, 6.45) is -4.66. The summed E-state index contributed by atoms with van der Waals surface area (Å²) in [5, 5.41) is 2.93. The van der Waals surface area contributed by atoms with Crippen LogP contribution in [0.4, 0.5) is 18.9 Å². The molecule has 5 nitrogen and oxygen atoms in total. The number of rotatable bonds is 1. The van der Waals surface area contributed by atoms with E-state index in [2.05, 4.69) is 14.7 Å². The van der Waals surface area contributed by atoms with E-state index >= 15 is 0 Å². The van der Waals surface area contributed by atoms with Crippen molar-refractivity contribution in [2.24, 2.45) is 0 Å². The first-order valence-electron chi connectivity index (χ1n) is 6.46. The number of anilines is 1. The van der Waals surface area contributed by atoms with E-state index in [1.165, 1.54) is 4.90 Å². The molecule has 1 aromatic heterocycles. The van der Waals surface area contributed by atoms with Gasteiger partial charge in [-0.3, -0.25) is 4.79 Å². The normalized spacial score (nSPS) is 17.0. The molecule has 0 saturated carbocycles. The van der Waals surface area contributed by atoms with Crippen LogP contribution in [0.15, 0.2) is 22.7 Å². The Balaban J connectivity index is 2.06.